The maximum Gasteiger partial charge on any atom is 0.273 e. The van der Waals surface area contributed by atoms with E-state index in [9.17, 15) is 4.79 Å². The Morgan fingerprint density at radius 2 is 1.90 bits per heavy atom. The van der Waals surface area contributed by atoms with E-state index in [2.05, 4.69) is 15.3 Å². The number of fused-ring (bicyclic) bond motifs is 1. The molecular formula is C22H16Cl2FN3O2. The van der Waals surface area contributed by atoms with Gasteiger partial charge in [-0.15, -0.1) is 0 Å². The molecule has 0 aliphatic heterocycles. The van der Waals surface area contributed by atoms with Crippen molar-refractivity contribution < 1.29 is 13.9 Å². The molecule has 0 bridgehead atoms. The van der Waals surface area contributed by atoms with Crippen LogP contribution in [0.15, 0.2) is 54.6 Å². The molecule has 0 saturated heterocycles. The van der Waals surface area contributed by atoms with Gasteiger partial charge in [0, 0.05) is 17.5 Å². The molecule has 4 rings (SSSR count). The van der Waals surface area contributed by atoms with Gasteiger partial charge in [0.1, 0.15) is 16.7 Å². The molecule has 1 heterocycles. The molecular weight excluding hydrogens is 428 g/mol. The number of aromatic amines is 1. The molecule has 0 unspecified atom stereocenters. The second-order valence-corrected chi connectivity index (χ2v) is 7.38. The number of rotatable bonds is 5. The summed E-state index contributed by atoms with van der Waals surface area (Å²) < 4.78 is 21.0. The molecule has 30 heavy (non-hydrogen) atoms. The summed E-state index contributed by atoms with van der Waals surface area (Å²) in [6.07, 6.45) is 0. The molecule has 5 nitrogen and oxygen atoms in total. The van der Waals surface area contributed by atoms with Gasteiger partial charge in [-0.1, -0.05) is 65.7 Å². The van der Waals surface area contributed by atoms with Gasteiger partial charge in [-0.25, -0.2) is 9.37 Å². The lowest BCUT2D eigenvalue weighted by atomic mass is 10.1. The number of aryl methyl sites for hydroxylation is 1. The number of nitrogens with zero attached hydrogens (tertiary/aromatic N) is 1. The third-order valence-corrected chi connectivity index (χ3v) is 5.09. The van der Waals surface area contributed by atoms with Crippen LogP contribution < -0.4 is 10.1 Å². The van der Waals surface area contributed by atoms with E-state index in [0.29, 0.717) is 11.6 Å². The van der Waals surface area contributed by atoms with Crippen molar-refractivity contribution in [2.75, 3.05) is 0 Å². The number of hydrogen-bond acceptors (Lipinski definition) is 3. The zero-order valence-electron chi connectivity index (χ0n) is 15.8. The molecule has 0 spiro atoms. The lowest BCUT2D eigenvalue weighted by molar-refractivity contribution is 0.0946. The quantitative estimate of drug-likeness (QED) is 0.395. The minimum atomic E-state index is -0.653. The average Bonchev–Trinajstić information content (AvgIpc) is 3.08. The number of benzene rings is 3. The van der Waals surface area contributed by atoms with Crippen LogP contribution >= 0.6 is 23.2 Å². The fourth-order valence-corrected chi connectivity index (χ4v) is 3.52. The highest BCUT2D eigenvalue weighted by Gasteiger charge is 2.19. The molecule has 0 aliphatic rings. The summed E-state index contributed by atoms with van der Waals surface area (Å²) in [5.74, 6) is -0.286. The Kier molecular flexibility index (Phi) is 5.61. The Hall–Kier alpha value is -3.09. The Labute approximate surface area is 181 Å². The molecule has 0 saturated carbocycles. The zero-order valence-corrected chi connectivity index (χ0v) is 17.3. The highest BCUT2D eigenvalue weighted by Crippen LogP contribution is 2.36. The lowest BCUT2D eigenvalue weighted by Gasteiger charge is -2.14. The van der Waals surface area contributed by atoms with Crippen LogP contribution in [0.25, 0.3) is 10.8 Å². The van der Waals surface area contributed by atoms with Gasteiger partial charge in [-0.2, -0.15) is 0 Å². The largest absolute Gasteiger partial charge is 0.452 e. The van der Waals surface area contributed by atoms with Crippen LogP contribution in [0.1, 0.15) is 21.9 Å². The van der Waals surface area contributed by atoms with E-state index < -0.39 is 11.7 Å². The van der Waals surface area contributed by atoms with Crippen LogP contribution in [0.2, 0.25) is 10.2 Å². The lowest BCUT2D eigenvalue weighted by Crippen LogP contribution is -2.24. The van der Waals surface area contributed by atoms with Crippen molar-refractivity contribution >= 4 is 39.9 Å². The third kappa shape index (κ3) is 3.97. The number of amides is 1. The summed E-state index contributed by atoms with van der Waals surface area (Å²) >= 11 is 12.1. The molecule has 1 aromatic heterocycles. The van der Waals surface area contributed by atoms with E-state index in [-0.39, 0.29) is 33.7 Å². The van der Waals surface area contributed by atoms with Crippen LogP contribution in [0.4, 0.5) is 4.39 Å². The maximum atomic E-state index is 15.1. The standard InChI is InChI=1S/C22H16Cl2FN3O2/c1-12-27-19(21(24)28-12)22(29)26-11-14-9-10-16(23)20(18(14)25)30-17-8-4-6-13-5-2-3-7-15(13)17/h2-10H,11H2,1H3,(H,26,29)(H,27,28). The number of carbonyl (C=O) groups is 1. The van der Waals surface area contributed by atoms with E-state index >= 15 is 4.39 Å². The predicted molar refractivity (Wildman–Crippen MR) is 115 cm³/mol. The fourth-order valence-electron chi connectivity index (χ4n) is 3.07. The van der Waals surface area contributed by atoms with Crippen molar-refractivity contribution in [1.29, 1.82) is 0 Å². The topological polar surface area (TPSA) is 67.0 Å². The summed E-state index contributed by atoms with van der Waals surface area (Å²) in [5.41, 5.74) is 0.266. The van der Waals surface area contributed by atoms with E-state index in [1.165, 1.54) is 12.1 Å². The molecule has 0 aliphatic carbocycles. The molecule has 2 N–H and O–H groups in total. The first-order valence-corrected chi connectivity index (χ1v) is 9.82. The van der Waals surface area contributed by atoms with E-state index in [0.717, 1.165) is 10.8 Å². The maximum absolute atomic E-state index is 15.1. The molecule has 4 aromatic rings. The minimum Gasteiger partial charge on any atom is -0.452 e. The van der Waals surface area contributed by atoms with Gasteiger partial charge < -0.3 is 15.0 Å². The second kappa shape index (κ2) is 8.34. The van der Waals surface area contributed by atoms with Crippen molar-refractivity contribution in [1.82, 2.24) is 15.3 Å². The number of carbonyl (C=O) groups excluding carboxylic acids is 1. The van der Waals surface area contributed by atoms with E-state index in [1.54, 1.807) is 13.0 Å². The van der Waals surface area contributed by atoms with Crippen molar-refractivity contribution in [3.63, 3.8) is 0 Å². The third-order valence-electron chi connectivity index (χ3n) is 4.52. The summed E-state index contributed by atoms with van der Waals surface area (Å²) in [6.45, 7) is 1.59. The van der Waals surface area contributed by atoms with Gasteiger partial charge in [-0.3, -0.25) is 4.79 Å². The Bertz CT molecular complexity index is 1250. The number of nitrogens with one attached hydrogen (secondary N) is 2. The van der Waals surface area contributed by atoms with Crippen LogP contribution in [-0.4, -0.2) is 15.9 Å². The number of aromatic nitrogens is 2. The molecule has 3 aromatic carbocycles. The van der Waals surface area contributed by atoms with Crippen LogP contribution in [0.3, 0.4) is 0 Å². The Morgan fingerprint density at radius 3 is 2.67 bits per heavy atom. The minimum absolute atomic E-state index is 0.0516. The number of H-pyrrole nitrogens is 1. The Morgan fingerprint density at radius 1 is 1.13 bits per heavy atom. The van der Waals surface area contributed by atoms with Gasteiger partial charge in [0.25, 0.3) is 5.91 Å². The van der Waals surface area contributed by atoms with Crippen LogP contribution in [-0.2, 0) is 6.54 Å². The molecule has 0 radical (unpaired) electrons. The summed E-state index contributed by atoms with van der Waals surface area (Å²) in [6, 6.07) is 16.1. The molecule has 152 valence electrons. The monoisotopic (exact) mass is 443 g/mol. The average molecular weight is 444 g/mol. The molecule has 0 fully saturated rings. The highest BCUT2D eigenvalue weighted by molar-refractivity contribution is 6.32. The zero-order chi connectivity index (χ0) is 21.3. The number of hydrogen-bond donors (Lipinski definition) is 2. The molecule has 0 atom stereocenters. The summed E-state index contributed by atoms with van der Waals surface area (Å²) in [7, 11) is 0. The summed E-state index contributed by atoms with van der Waals surface area (Å²) in [5, 5.41) is 4.65. The van der Waals surface area contributed by atoms with Gasteiger partial charge >= 0.3 is 0 Å². The Balaban J connectivity index is 1.59. The number of imidazole rings is 1. The molecule has 8 heteroatoms. The van der Waals surface area contributed by atoms with E-state index in [4.69, 9.17) is 27.9 Å². The number of halogens is 3. The molecule has 1 amide bonds. The van der Waals surface area contributed by atoms with Gasteiger partial charge in [-0.05, 0) is 24.4 Å². The summed E-state index contributed by atoms with van der Waals surface area (Å²) in [4.78, 5) is 19.1. The van der Waals surface area contributed by atoms with Crippen molar-refractivity contribution in [2.45, 2.75) is 13.5 Å². The van der Waals surface area contributed by atoms with Gasteiger partial charge in [0.05, 0.1) is 5.02 Å². The van der Waals surface area contributed by atoms with Crippen molar-refractivity contribution in [3.8, 4) is 11.5 Å². The first-order valence-electron chi connectivity index (χ1n) is 9.07. The smallest absolute Gasteiger partial charge is 0.273 e. The first kappa shape index (κ1) is 20.2. The van der Waals surface area contributed by atoms with Gasteiger partial charge in [0.2, 0.25) is 0 Å². The first-order chi connectivity index (χ1) is 14.4. The van der Waals surface area contributed by atoms with Crippen molar-refractivity contribution in [3.05, 3.63) is 87.7 Å². The van der Waals surface area contributed by atoms with Gasteiger partial charge in [0.15, 0.2) is 17.3 Å². The van der Waals surface area contributed by atoms with E-state index in [1.807, 2.05) is 36.4 Å². The van der Waals surface area contributed by atoms with Crippen LogP contribution in [0.5, 0.6) is 11.5 Å². The second-order valence-electron chi connectivity index (χ2n) is 6.60. The SMILES string of the molecule is Cc1nc(C(=O)NCc2ccc(Cl)c(Oc3cccc4ccccc34)c2F)c(Cl)[nH]1. The number of ether oxygens (including phenoxy) is 1. The van der Waals surface area contributed by atoms with Crippen molar-refractivity contribution in [2.24, 2.45) is 0 Å². The fraction of sp³-hybridized carbons (Fsp3) is 0.0909. The van der Waals surface area contributed by atoms with Crippen LogP contribution in [0, 0.1) is 12.7 Å². The highest BCUT2D eigenvalue weighted by atomic mass is 35.5. The normalized spacial score (nSPS) is 10.9. The predicted octanol–water partition coefficient (Wildman–Crippen LogP) is 6.04.